The highest BCUT2D eigenvalue weighted by atomic mass is 32.2. The third kappa shape index (κ3) is 16.7. The summed E-state index contributed by atoms with van der Waals surface area (Å²) in [6.07, 6.45) is 6.25. The zero-order valence-corrected chi connectivity index (χ0v) is 48.0. The summed E-state index contributed by atoms with van der Waals surface area (Å²) in [7, 11) is -5.06. The third-order valence-corrected chi connectivity index (χ3v) is 29.3. The molecule has 0 aromatic heterocycles. The second kappa shape index (κ2) is 22.9. The fourth-order valence-corrected chi connectivity index (χ4v) is 12.2. The minimum atomic E-state index is -2.47. The number of carbonyl (C=O) groups is 3. The van der Waals surface area contributed by atoms with Gasteiger partial charge in [0.05, 0.1) is 24.7 Å². The summed E-state index contributed by atoms with van der Waals surface area (Å²) < 4.78 is 23.4. The fourth-order valence-electron chi connectivity index (χ4n) is 7.24. The molecule has 2 rings (SSSR count). The molecule has 1 N–H and O–H groups in total. The van der Waals surface area contributed by atoms with Gasteiger partial charge < -0.3 is 18.4 Å². The summed E-state index contributed by atoms with van der Waals surface area (Å²) in [4.78, 5) is 41.3. The van der Waals surface area contributed by atoms with Gasteiger partial charge in [0.25, 0.3) is 0 Å². The predicted octanol–water partition coefficient (Wildman–Crippen LogP) is 14.2. The van der Waals surface area contributed by atoms with Crippen LogP contribution < -0.4 is 0 Å². The molecule has 1 aliphatic rings. The lowest BCUT2D eigenvalue weighted by atomic mass is 9.70. The standard InChI is InChI=1S/C52H91NO7SSi3/c1-37(30-31-44(58-62(16,17)49(4,5)6)39(3)32-43(54)41-35-53(15)61-36-41)26-25-27-38(2)47(60-64(20,21)51(10,11)12)42(33-40-28-23-22-24-29-40)48(57)52(13,14)45(34-46(55)56)59-63(18,19)50(7,8)9/h22-24,28-30,32,36,38,42,44-45,47H,25-27,31,33-35H2,1-21H3,(H,55,56)/t38-,42+,44-,45-,47-/m0/s1. The second-order valence-electron chi connectivity index (χ2n) is 24.0. The van der Waals surface area contributed by atoms with Crippen molar-refractivity contribution in [1.82, 2.24) is 4.31 Å². The maximum Gasteiger partial charge on any atom is 0.305 e. The first-order chi connectivity index (χ1) is 28.9. The quantitative estimate of drug-likeness (QED) is 0.0470. The van der Waals surface area contributed by atoms with E-state index >= 15 is 4.79 Å². The molecule has 0 saturated heterocycles. The molecule has 1 aromatic carbocycles. The van der Waals surface area contributed by atoms with E-state index in [-0.39, 0.29) is 45.1 Å². The Morgan fingerprint density at radius 3 is 1.81 bits per heavy atom. The van der Waals surface area contributed by atoms with Crippen LogP contribution in [-0.2, 0) is 34.1 Å². The Hall–Kier alpha value is -1.91. The van der Waals surface area contributed by atoms with Crippen LogP contribution in [0.4, 0.5) is 0 Å². The molecule has 1 aromatic rings. The number of nitrogens with zero attached hydrogens (tertiary/aromatic N) is 1. The second-order valence-corrected chi connectivity index (χ2v) is 39.3. The largest absolute Gasteiger partial charge is 0.481 e. The Balaban J connectivity index is 2.55. The topological polar surface area (TPSA) is 102 Å². The van der Waals surface area contributed by atoms with Crippen LogP contribution in [0.3, 0.4) is 0 Å². The monoisotopic (exact) mass is 958 g/mol. The average Bonchev–Trinajstić information content (AvgIpc) is 3.59. The van der Waals surface area contributed by atoms with Crippen molar-refractivity contribution in [2.24, 2.45) is 17.3 Å². The van der Waals surface area contributed by atoms with E-state index in [4.69, 9.17) is 13.3 Å². The molecule has 64 heavy (non-hydrogen) atoms. The van der Waals surface area contributed by atoms with Crippen molar-refractivity contribution >= 4 is 54.4 Å². The molecular weight excluding hydrogens is 867 g/mol. The van der Waals surface area contributed by atoms with E-state index in [1.165, 1.54) is 5.57 Å². The number of carbonyl (C=O) groups excluding carboxylic acids is 2. The number of hydrogen-bond donors (Lipinski definition) is 1. The number of likely N-dealkylation sites (N-methyl/N-ethyl adjacent to an activating group) is 1. The molecule has 364 valence electrons. The number of rotatable bonds is 24. The lowest BCUT2D eigenvalue weighted by Gasteiger charge is -2.47. The summed E-state index contributed by atoms with van der Waals surface area (Å²) in [5.41, 5.74) is 2.98. The maximum atomic E-state index is 15.5. The van der Waals surface area contributed by atoms with Crippen molar-refractivity contribution < 1.29 is 32.8 Å². The van der Waals surface area contributed by atoms with E-state index in [0.29, 0.717) is 19.4 Å². The Morgan fingerprint density at radius 2 is 1.33 bits per heavy atom. The Labute approximate surface area is 398 Å². The van der Waals surface area contributed by atoms with Crippen LogP contribution in [0.15, 0.2) is 64.6 Å². The molecule has 0 spiro atoms. The van der Waals surface area contributed by atoms with Gasteiger partial charge in [0, 0.05) is 23.5 Å². The summed E-state index contributed by atoms with van der Waals surface area (Å²) in [6, 6.07) is 10.2. The lowest BCUT2D eigenvalue weighted by Crippen LogP contribution is -2.55. The van der Waals surface area contributed by atoms with Gasteiger partial charge in [0.2, 0.25) is 0 Å². The minimum absolute atomic E-state index is 0.00220. The van der Waals surface area contributed by atoms with Gasteiger partial charge >= 0.3 is 5.97 Å². The van der Waals surface area contributed by atoms with Gasteiger partial charge in [-0.2, -0.15) is 0 Å². The number of Topliss-reactive ketones (excluding diaryl/α,β-unsaturated/α-hetero) is 1. The molecule has 12 heteroatoms. The number of carboxylic acid groups (broad SMARTS) is 1. The molecule has 0 fully saturated rings. The van der Waals surface area contributed by atoms with Crippen LogP contribution in [0.1, 0.15) is 135 Å². The molecule has 1 aliphatic heterocycles. The first-order valence-electron chi connectivity index (χ1n) is 23.7. The minimum Gasteiger partial charge on any atom is -0.481 e. The molecule has 8 nitrogen and oxygen atoms in total. The normalized spacial score (nSPS) is 18.0. The SMILES string of the molecule is CC(=CC[C@H](O[Si](C)(C)C(C)(C)C)C(C)=CC(=O)C1=CSN(C)C1)CCC[C@H](C)[C@H](O[Si](C)(C)C(C)(C)C)[C@@H](Cc1ccccc1)C(=O)C(C)(C)[C@H](CC(=O)O)O[Si](C)(C)C(C)(C)C. The van der Waals surface area contributed by atoms with E-state index < -0.39 is 54.5 Å². The van der Waals surface area contributed by atoms with E-state index in [1.807, 2.05) is 51.4 Å². The number of aliphatic carboxylic acids is 1. The van der Waals surface area contributed by atoms with Crippen molar-refractivity contribution in [2.75, 3.05) is 13.6 Å². The summed E-state index contributed by atoms with van der Waals surface area (Å²) in [5, 5.41) is 11.9. The van der Waals surface area contributed by atoms with Gasteiger partial charge in [0.1, 0.15) is 5.78 Å². The van der Waals surface area contributed by atoms with Crippen molar-refractivity contribution in [3.8, 4) is 0 Å². The average molecular weight is 959 g/mol. The van der Waals surface area contributed by atoms with Crippen molar-refractivity contribution in [3.05, 3.63) is 70.2 Å². The molecular formula is C52H91NO7SSi3. The highest BCUT2D eigenvalue weighted by Gasteiger charge is 2.51. The summed E-state index contributed by atoms with van der Waals surface area (Å²) in [5.74, 6) is -1.42. The first kappa shape index (κ1) is 58.2. The summed E-state index contributed by atoms with van der Waals surface area (Å²) >= 11 is 1.56. The highest BCUT2D eigenvalue weighted by Crippen LogP contribution is 2.45. The molecule has 0 saturated carbocycles. The van der Waals surface area contributed by atoms with Gasteiger partial charge in [-0.25, -0.2) is 4.31 Å². The fraction of sp³-hybridized carbons (Fsp3) is 0.712. The molecule has 0 radical (unpaired) electrons. The number of hydrogen-bond acceptors (Lipinski definition) is 8. The number of allylic oxidation sites excluding steroid dienone is 2. The number of carboxylic acids is 1. The van der Waals surface area contributed by atoms with Crippen LogP contribution >= 0.6 is 11.9 Å². The van der Waals surface area contributed by atoms with E-state index in [1.54, 1.807) is 18.0 Å². The van der Waals surface area contributed by atoms with Crippen molar-refractivity contribution in [3.63, 3.8) is 0 Å². The Morgan fingerprint density at radius 1 is 0.812 bits per heavy atom. The molecule has 5 atom stereocenters. The summed E-state index contributed by atoms with van der Waals surface area (Å²) in [6.45, 7) is 44.1. The first-order valence-corrected chi connectivity index (χ1v) is 33.3. The molecule has 1 heterocycles. The van der Waals surface area contributed by atoms with Gasteiger partial charge in [-0.1, -0.05) is 125 Å². The van der Waals surface area contributed by atoms with Crippen LogP contribution in [0.2, 0.25) is 54.4 Å². The van der Waals surface area contributed by atoms with E-state index in [9.17, 15) is 14.7 Å². The van der Waals surface area contributed by atoms with Crippen molar-refractivity contribution in [2.45, 2.75) is 208 Å². The van der Waals surface area contributed by atoms with Gasteiger partial charge in [-0.05, 0) is 148 Å². The van der Waals surface area contributed by atoms with Crippen molar-refractivity contribution in [1.29, 1.82) is 0 Å². The zero-order valence-electron chi connectivity index (χ0n) is 44.2. The molecule has 0 bridgehead atoms. The Kier molecular flexibility index (Phi) is 20.9. The lowest BCUT2D eigenvalue weighted by molar-refractivity contribution is -0.147. The molecule has 0 aliphatic carbocycles. The number of ketones is 2. The van der Waals surface area contributed by atoms with E-state index in [2.05, 4.69) is 138 Å². The van der Waals surface area contributed by atoms with Gasteiger partial charge in [-0.15, -0.1) is 0 Å². The molecule has 0 amide bonds. The highest BCUT2D eigenvalue weighted by molar-refractivity contribution is 8.00. The van der Waals surface area contributed by atoms with Crippen LogP contribution in [-0.4, -0.2) is 83.8 Å². The number of benzene rings is 1. The van der Waals surface area contributed by atoms with Crippen LogP contribution in [0, 0.1) is 17.3 Å². The predicted molar refractivity (Wildman–Crippen MR) is 279 cm³/mol. The van der Waals surface area contributed by atoms with Crippen LogP contribution in [0.5, 0.6) is 0 Å². The Bertz CT molecular complexity index is 1820. The smallest absolute Gasteiger partial charge is 0.305 e. The van der Waals surface area contributed by atoms with Gasteiger partial charge in [-0.3, -0.25) is 14.4 Å². The maximum absolute atomic E-state index is 15.5. The van der Waals surface area contributed by atoms with Crippen LogP contribution in [0.25, 0.3) is 0 Å². The zero-order chi connectivity index (χ0) is 49.4. The third-order valence-electron chi connectivity index (χ3n) is 15.0. The van der Waals surface area contributed by atoms with Gasteiger partial charge in [0.15, 0.2) is 30.7 Å². The van der Waals surface area contributed by atoms with E-state index in [0.717, 1.165) is 36.0 Å². The molecule has 0 unspecified atom stereocenters.